The predicted molar refractivity (Wildman–Crippen MR) is 95.3 cm³/mol. The van der Waals surface area contributed by atoms with Crippen molar-refractivity contribution in [2.24, 2.45) is 5.92 Å². The highest BCUT2D eigenvalue weighted by atomic mass is 16.6. The minimum Gasteiger partial charge on any atom is -0.493 e. The predicted octanol–water partition coefficient (Wildman–Crippen LogP) is 3.98. The van der Waals surface area contributed by atoms with E-state index >= 15 is 0 Å². The van der Waals surface area contributed by atoms with Crippen LogP contribution in [0.2, 0.25) is 0 Å². The lowest BCUT2D eigenvalue weighted by Gasteiger charge is -2.24. The number of aliphatic hydroxyl groups is 1. The van der Waals surface area contributed by atoms with E-state index in [1.54, 1.807) is 20.8 Å². The molecule has 2 atom stereocenters. The molecule has 0 heterocycles. The van der Waals surface area contributed by atoms with Gasteiger partial charge in [-0.2, -0.15) is 0 Å². The van der Waals surface area contributed by atoms with Gasteiger partial charge < -0.3 is 19.9 Å². The zero-order valence-electron chi connectivity index (χ0n) is 15.7. The van der Waals surface area contributed by atoms with E-state index in [1.165, 1.54) is 0 Å². The number of hydrogen-bond donors (Lipinski definition) is 2. The van der Waals surface area contributed by atoms with Crippen molar-refractivity contribution in [3.63, 3.8) is 0 Å². The van der Waals surface area contributed by atoms with Crippen molar-refractivity contribution in [1.82, 2.24) is 5.32 Å². The van der Waals surface area contributed by atoms with E-state index < -0.39 is 17.7 Å². The Labute approximate surface area is 145 Å². The van der Waals surface area contributed by atoms with E-state index in [2.05, 4.69) is 19.2 Å². The van der Waals surface area contributed by atoms with Gasteiger partial charge in [-0.25, -0.2) is 4.79 Å². The number of carbonyl (C=O) groups is 1. The molecule has 24 heavy (non-hydrogen) atoms. The summed E-state index contributed by atoms with van der Waals surface area (Å²) in [4.78, 5) is 11.9. The Morgan fingerprint density at radius 3 is 2.50 bits per heavy atom. The molecule has 0 bridgehead atoms. The van der Waals surface area contributed by atoms with E-state index in [0.717, 1.165) is 23.3 Å². The molecule has 0 aliphatic carbocycles. The zero-order valence-corrected chi connectivity index (χ0v) is 15.7. The average Bonchev–Trinajstić information content (AvgIpc) is 2.49. The number of carbonyl (C=O) groups excluding carboxylic acids is 1. The second-order valence-corrected chi connectivity index (χ2v) is 7.22. The van der Waals surface area contributed by atoms with Crippen LogP contribution in [0, 0.1) is 12.8 Å². The smallest absolute Gasteiger partial charge is 0.408 e. The summed E-state index contributed by atoms with van der Waals surface area (Å²) in [5, 5.41) is 12.3. The van der Waals surface area contributed by atoms with Crippen molar-refractivity contribution in [2.45, 2.75) is 59.6 Å². The van der Waals surface area contributed by atoms with Crippen LogP contribution in [-0.4, -0.2) is 30.0 Å². The fourth-order valence-corrected chi connectivity index (χ4v) is 2.16. The number of aryl methyl sites for hydroxylation is 1. The third-order valence-electron chi connectivity index (χ3n) is 3.72. The van der Waals surface area contributed by atoms with E-state index in [0.29, 0.717) is 12.5 Å². The summed E-state index contributed by atoms with van der Waals surface area (Å²) in [7, 11) is 0. The summed E-state index contributed by atoms with van der Waals surface area (Å²) < 4.78 is 11.0. The van der Waals surface area contributed by atoms with Crippen molar-refractivity contribution in [2.75, 3.05) is 13.2 Å². The van der Waals surface area contributed by atoms with Crippen LogP contribution < -0.4 is 10.1 Å². The molecule has 0 fully saturated rings. The van der Waals surface area contributed by atoms with Gasteiger partial charge in [0.15, 0.2) is 0 Å². The van der Waals surface area contributed by atoms with Gasteiger partial charge in [0.2, 0.25) is 0 Å². The molecule has 136 valence electrons. The third-order valence-corrected chi connectivity index (χ3v) is 3.72. The number of nitrogens with one attached hydrogen (secondary N) is 1. The SMILES string of the molecule is CCC(C)COc1ccc(C(CO)NC(=O)OC(C)(C)C)c(C)c1. The molecular formula is C19H31NO4. The Morgan fingerprint density at radius 2 is 2.00 bits per heavy atom. The van der Waals surface area contributed by atoms with E-state index in [9.17, 15) is 9.90 Å². The van der Waals surface area contributed by atoms with Crippen LogP contribution in [-0.2, 0) is 4.74 Å². The molecule has 0 aliphatic heterocycles. The first-order valence-electron chi connectivity index (χ1n) is 8.50. The molecule has 1 rings (SSSR count). The molecule has 0 aromatic heterocycles. The first-order chi connectivity index (χ1) is 11.2. The largest absolute Gasteiger partial charge is 0.493 e. The molecule has 1 aromatic rings. The van der Waals surface area contributed by atoms with Gasteiger partial charge in [-0.15, -0.1) is 0 Å². The summed E-state index contributed by atoms with van der Waals surface area (Å²) in [5.41, 5.74) is 1.22. The van der Waals surface area contributed by atoms with Gasteiger partial charge in [0, 0.05) is 0 Å². The Balaban J connectivity index is 2.77. The molecule has 2 unspecified atom stereocenters. The summed E-state index contributed by atoms with van der Waals surface area (Å²) in [6.07, 6.45) is 0.529. The number of hydrogen-bond acceptors (Lipinski definition) is 4. The molecule has 0 saturated carbocycles. The topological polar surface area (TPSA) is 67.8 Å². The lowest BCUT2D eigenvalue weighted by atomic mass is 10.0. The molecule has 1 amide bonds. The Hall–Kier alpha value is -1.75. The van der Waals surface area contributed by atoms with Gasteiger partial charge in [0.1, 0.15) is 11.4 Å². The lowest BCUT2D eigenvalue weighted by Crippen LogP contribution is -2.36. The molecule has 2 N–H and O–H groups in total. The van der Waals surface area contributed by atoms with Crippen LogP contribution in [0.4, 0.5) is 4.79 Å². The van der Waals surface area contributed by atoms with Gasteiger partial charge in [-0.3, -0.25) is 0 Å². The maximum atomic E-state index is 11.9. The molecule has 5 nitrogen and oxygen atoms in total. The summed E-state index contributed by atoms with van der Waals surface area (Å²) >= 11 is 0. The molecule has 0 spiro atoms. The minimum atomic E-state index is -0.577. The fourth-order valence-electron chi connectivity index (χ4n) is 2.16. The van der Waals surface area contributed by atoms with Crippen LogP contribution in [0.25, 0.3) is 0 Å². The number of aliphatic hydroxyl groups excluding tert-OH is 1. The standard InChI is InChI=1S/C19H31NO4/c1-7-13(2)12-23-15-8-9-16(14(3)10-15)17(11-21)20-18(22)24-19(4,5)6/h8-10,13,17,21H,7,11-12H2,1-6H3,(H,20,22). The fraction of sp³-hybridized carbons (Fsp3) is 0.632. The Kier molecular flexibility index (Phi) is 7.55. The normalized spacial score (nSPS) is 14.0. The number of benzene rings is 1. The van der Waals surface area contributed by atoms with Crippen molar-refractivity contribution in [3.05, 3.63) is 29.3 Å². The summed E-state index contributed by atoms with van der Waals surface area (Å²) in [6.45, 7) is 12.1. The lowest BCUT2D eigenvalue weighted by molar-refractivity contribution is 0.0481. The monoisotopic (exact) mass is 337 g/mol. The summed E-state index contributed by atoms with van der Waals surface area (Å²) in [6, 6.07) is 5.16. The van der Waals surface area contributed by atoms with Crippen molar-refractivity contribution in [1.29, 1.82) is 0 Å². The highest BCUT2D eigenvalue weighted by molar-refractivity contribution is 5.68. The van der Waals surface area contributed by atoms with Crippen molar-refractivity contribution >= 4 is 6.09 Å². The second kappa shape index (κ2) is 8.92. The van der Waals surface area contributed by atoms with Gasteiger partial charge in [-0.05, 0) is 56.9 Å². The van der Waals surface area contributed by atoms with E-state index in [1.807, 2.05) is 25.1 Å². The molecule has 1 aromatic carbocycles. The van der Waals surface area contributed by atoms with Crippen LogP contribution in [0.5, 0.6) is 5.75 Å². The van der Waals surface area contributed by atoms with Crippen LogP contribution in [0.1, 0.15) is 58.2 Å². The van der Waals surface area contributed by atoms with Gasteiger partial charge in [-0.1, -0.05) is 26.3 Å². The molecular weight excluding hydrogens is 306 g/mol. The summed E-state index contributed by atoms with van der Waals surface area (Å²) in [5.74, 6) is 1.30. The number of amides is 1. The Bertz CT molecular complexity index is 537. The first-order valence-corrected chi connectivity index (χ1v) is 8.50. The first kappa shape index (κ1) is 20.3. The molecule has 0 aliphatic rings. The maximum Gasteiger partial charge on any atom is 0.408 e. The molecule has 5 heteroatoms. The Morgan fingerprint density at radius 1 is 1.33 bits per heavy atom. The number of ether oxygens (including phenoxy) is 2. The van der Waals surface area contributed by atoms with Gasteiger partial charge in [0.25, 0.3) is 0 Å². The van der Waals surface area contributed by atoms with Crippen LogP contribution in [0.15, 0.2) is 18.2 Å². The molecule has 0 radical (unpaired) electrons. The zero-order chi connectivity index (χ0) is 18.3. The average molecular weight is 337 g/mol. The van der Waals surface area contributed by atoms with Crippen LogP contribution in [0.3, 0.4) is 0 Å². The third kappa shape index (κ3) is 6.79. The van der Waals surface area contributed by atoms with Crippen LogP contribution >= 0.6 is 0 Å². The van der Waals surface area contributed by atoms with Gasteiger partial charge >= 0.3 is 6.09 Å². The van der Waals surface area contributed by atoms with E-state index in [-0.39, 0.29) is 6.61 Å². The quantitative estimate of drug-likeness (QED) is 0.790. The van der Waals surface area contributed by atoms with Gasteiger partial charge in [0.05, 0.1) is 19.3 Å². The number of alkyl carbamates (subject to hydrolysis) is 1. The molecule has 0 saturated heterocycles. The highest BCUT2D eigenvalue weighted by Gasteiger charge is 2.21. The highest BCUT2D eigenvalue weighted by Crippen LogP contribution is 2.23. The van der Waals surface area contributed by atoms with Crippen molar-refractivity contribution < 1.29 is 19.4 Å². The second-order valence-electron chi connectivity index (χ2n) is 7.22. The van der Waals surface area contributed by atoms with Crippen molar-refractivity contribution in [3.8, 4) is 5.75 Å². The van der Waals surface area contributed by atoms with E-state index in [4.69, 9.17) is 9.47 Å². The maximum absolute atomic E-state index is 11.9. The number of rotatable bonds is 7. The minimum absolute atomic E-state index is 0.201.